The van der Waals surface area contributed by atoms with Crippen LogP contribution in [0.3, 0.4) is 0 Å². The number of ketones is 1. The monoisotopic (exact) mass is 395 g/mol. The van der Waals surface area contributed by atoms with Gasteiger partial charge in [0.25, 0.3) is 0 Å². The summed E-state index contributed by atoms with van der Waals surface area (Å²) in [5.41, 5.74) is 2.41. The molecule has 0 aliphatic heterocycles. The normalized spacial score (nSPS) is 10.9. The molecule has 0 unspecified atom stereocenters. The van der Waals surface area contributed by atoms with E-state index in [0.717, 1.165) is 20.0 Å². The number of benzene rings is 2. The second-order valence-corrected chi connectivity index (χ2v) is 6.22. The van der Waals surface area contributed by atoms with Crippen molar-refractivity contribution in [1.82, 2.24) is 4.57 Å². The first kappa shape index (κ1) is 13.6. The van der Waals surface area contributed by atoms with E-state index in [0.29, 0.717) is 10.6 Å². The Bertz CT molecular complexity index is 822. The fraction of sp³-hybridized carbons (Fsp3) is 0.0625. The highest BCUT2D eigenvalue weighted by atomic mass is 127. The second-order valence-electron chi connectivity index (χ2n) is 4.62. The Kier molecular flexibility index (Phi) is 3.56. The minimum atomic E-state index is 0.0444. The molecule has 0 aliphatic carbocycles. The van der Waals surface area contributed by atoms with Crippen LogP contribution >= 0.6 is 34.2 Å². The van der Waals surface area contributed by atoms with Crippen molar-refractivity contribution in [2.75, 3.05) is 0 Å². The standard InChI is InChI=1S/C16H11ClINO/c1-19-9-13(11-7-6-10(17)8-15(11)19)16(20)12-4-2-3-5-14(12)18/h2-9H,1H3. The number of aryl methyl sites for hydroxylation is 1. The van der Waals surface area contributed by atoms with Gasteiger partial charge in [-0.25, -0.2) is 0 Å². The number of carbonyl (C=O) groups excluding carboxylic acids is 1. The van der Waals surface area contributed by atoms with Crippen LogP contribution in [-0.4, -0.2) is 10.4 Å². The average Bonchev–Trinajstić information content (AvgIpc) is 2.76. The van der Waals surface area contributed by atoms with Crippen LogP contribution in [-0.2, 0) is 7.05 Å². The van der Waals surface area contributed by atoms with Crippen molar-refractivity contribution < 1.29 is 4.79 Å². The number of hydrogen-bond donors (Lipinski definition) is 0. The molecule has 4 heteroatoms. The molecule has 0 saturated carbocycles. The molecule has 2 nitrogen and oxygen atoms in total. The Morgan fingerprint density at radius 3 is 2.65 bits per heavy atom. The Hall–Kier alpha value is -1.33. The number of halogens is 2. The van der Waals surface area contributed by atoms with Crippen LogP contribution < -0.4 is 0 Å². The van der Waals surface area contributed by atoms with Crippen LogP contribution in [0.15, 0.2) is 48.7 Å². The molecule has 3 aromatic rings. The molecule has 2 aromatic carbocycles. The van der Waals surface area contributed by atoms with E-state index in [9.17, 15) is 4.79 Å². The van der Waals surface area contributed by atoms with Gasteiger partial charge < -0.3 is 4.57 Å². The van der Waals surface area contributed by atoms with Crippen molar-refractivity contribution in [2.24, 2.45) is 7.05 Å². The molecule has 0 radical (unpaired) electrons. The van der Waals surface area contributed by atoms with Crippen LogP contribution in [0.25, 0.3) is 10.9 Å². The van der Waals surface area contributed by atoms with E-state index in [-0.39, 0.29) is 5.78 Å². The van der Waals surface area contributed by atoms with Crippen LogP contribution in [0.5, 0.6) is 0 Å². The third-order valence-electron chi connectivity index (χ3n) is 3.32. The Morgan fingerprint density at radius 2 is 1.90 bits per heavy atom. The number of carbonyl (C=O) groups is 1. The summed E-state index contributed by atoms with van der Waals surface area (Å²) in [6.45, 7) is 0. The van der Waals surface area contributed by atoms with Crippen LogP contribution in [0.4, 0.5) is 0 Å². The van der Waals surface area contributed by atoms with Crippen molar-refractivity contribution in [3.8, 4) is 0 Å². The van der Waals surface area contributed by atoms with Crippen LogP contribution in [0.1, 0.15) is 15.9 Å². The van der Waals surface area contributed by atoms with E-state index in [1.54, 1.807) is 0 Å². The number of fused-ring (bicyclic) bond motifs is 1. The first-order valence-corrected chi connectivity index (χ1v) is 7.57. The minimum Gasteiger partial charge on any atom is -0.350 e. The number of hydrogen-bond acceptors (Lipinski definition) is 1. The maximum atomic E-state index is 12.7. The maximum Gasteiger partial charge on any atom is 0.196 e. The van der Waals surface area contributed by atoms with Crippen molar-refractivity contribution >= 4 is 50.9 Å². The third kappa shape index (κ3) is 2.25. The molecule has 0 saturated heterocycles. The molecular weight excluding hydrogens is 385 g/mol. The van der Waals surface area contributed by atoms with Gasteiger partial charge in [0.2, 0.25) is 0 Å². The summed E-state index contributed by atoms with van der Waals surface area (Å²) in [7, 11) is 1.92. The molecule has 0 N–H and O–H groups in total. The number of rotatable bonds is 2. The van der Waals surface area contributed by atoms with Gasteiger partial charge in [-0.05, 0) is 46.9 Å². The molecule has 0 spiro atoms. The predicted octanol–water partition coefficient (Wildman–Crippen LogP) is 4.67. The molecule has 0 aliphatic rings. The summed E-state index contributed by atoms with van der Waals surface area (Å²) in [5.74, 6) is 0.0444. The highest BCUT2D eigenvalue weighted by Gasteiger charge is 2.17. The first-order valence-electron chi connectivity index (χ1n) is 6.12. The highest BCUT2D eigenvalue weighted by molar-refractivity contribution is 14.1. The predicted molar refractivity (Wildman–Crippen MR) is 90.5 cm³/mol. The fourth-order valence-electron chi connectivity index (χ4n) is 2.33. The van der Waals surface area contributed by atoms with Crippen molar-refractivity contribution in [3.63, 3.8) is 0 Å². The lowest BCUT2D eigenvalue weighted by molar-refractivity contribution is 0.103. The first-order chi connectivity index (χ1) is 9.58. The molecular formula is C16H11ClINO. The second kappa shape index (κ2) is 5.22. The summed E-state index contributed by atoms with van der Waals surface area (Å²) in [5, 5.41) is 1.61. The lowest BCUT2D eigenvalue weighted by Crippen LogP contribution is -2.02. The summed E-state index contributed by atoms with van der Waals surface area (Å²) in [4.78, 5) is 12.7. The molecule has 0 atom stereocenters. The fourth-order valence-corrected chi connectivity index (χ4v) is 3.13. The van der Waals surface area contributed by atoms with E-state index in [1.807, 2.05) is 60.3 Å². The van der Waals surface area contributed by atoms with Gasteiger partial charge in [-0.3, -0.25) is 4.79 Å². The van der Waals surface area contributed by atoms with E-state index in [2.05, 4.69) is 22.6 Å². The quantitative estimate of drug-likeness (QED) is 0.457. The summed E-state index contributed by atoms with van der Waals surface area (Å²) >= 11 is 8.21. The number of aromatic nitrogens is 1. The summed E-state index contributed by atoms with van der Waals surface area (Å²) in [6.07, 6.45) is 1.87. The molecule has 100 valence electrons. The summed E-state index contributed by atoms with van der Waals surface area (Å²) in [6, 6.07) is 13.2. The molecule has 1 heterocycles. The zero-order valence-electron chi connectivity index (χ0n) is 10.7. The van der Waals surface area contributed by atoms with Crippen molar-refractivity contribution in [2.45, 2.75) is 0 Å². The molecule has 20 heavy (non-hydrogen) atoms. The van der Waals surface area contributed by atoms with Crippen molar-refractivity contribution in [3.05, 3.63) is 68.4 Å². The van der Waals surface area contributed by atoms with Crippen LogP contribution in [0.2, 0.25) is 5.02 Å². The maximum absolute atomic E-state index is 12.7. The third-order valence-corrected chi connectivity index (χ3v) is 4.49. The lowest BCUT2D eigenvalue weighted by Gasteiger charge is -2.02. The Morgan fingerprint density at radius 1 is 1.15 bits per heavy atom. The van der Waals surface area contributed by atoms with E-state index < -0.39 is 0 Å². The Balaban J connectivity index is 2.21. The molecule has 3 rings (SSSR count). The SMILES string of the molecule is Cn1cc(C(=O)c2ccccc2I)c2ccc(Cl)cc21. The molecule has 0 bridgehead atoms. The van der Waals surface area contributed by atoms with Gasteiger partial charge in [-0.2, -0.15) is 0 Å². The van der Waals surface area contributed by atoms with Crippen molar-refractivity contribution in [1.29, 1.82) is 0 Å². The zero-order chi connectivity index (χ0) is 14.3. The van der Waals surface area contributed by atoms with E-state index in [1.165, 1.54) is 0 Å². The zero-order valence-corrected chi connectivity index (χ0v) is 13.6. The lowest BCUT2D eigenvalue weighted by atomic mass is 10.0. The molecule has 0 fully saturated rings. The van der Waals surface area contributed by atoms with Gasteiger partial charge in [0.1, 0.15) is 0 Å². The van der Waals surface area contributed by atoms with Gasteiger partial charge in [-0.1, -0.05) is 29.8 Å². The molecule has 1 aromatic heterocycles. The van der Waals surface area contributed by atoms with Gasteiger partial charge in [0, 0.05) is 43.9 Å². The smallest absolute Gasteiger partial charge is 0.196 e. The van der Waals surface area contributed by atoms with Gasteiger partial charge in [0.15, 0.2) is 5.78 Å². The Labute approximate surface area is 135 Å². The summed E-state index contributed by atoms with van der Waals surface area (Å²) < 4.78 is 2.89. The topological polar surface area (TPSA) is 22.0 Å². The average molecular weight is 396 g/mol. The van der Waals surface area contributed by atoms with E-state index in [4.69, 9.17) is 11.6 Å². The van der Waals surface area contributed by atoms with E-state index >= 15 is 0 Å². The van der Waals surface area contributed by atoms with Crippen LogP contribution in [0, 0.1) is 3.57 Å². The van der Waals surface area contributed by atoms with Gasteiger partial charge >= 0.3 is 0 Å². The number of nitrogens with zero attached hydrogens (tertiary/aromatic N) is 1. The van der Waals surface area contributed by atoms with Gasteiger partial charge in [0.05, 0.1) is 0 Å². The largest absolute Gasteiger partial charge is 0.350 e. The van der Waals surface area contributed by atoms with Gasteiger partial charge in [-0.15, -0.1) is 0 Å². The minimum absolute atomic E-state index is 0.0444. The molecule has 0 amide bonds. The highest BCUT2D eigenvalue weighted by Crippen LogP contribution is 2.27.